The lowest BCUT2D eigenvalue weighted by Crippen LogP contribution is -2.26. The molecule has 0 amide bonds. The van der Waals surface area contributed by atoms with Gasteiger partial charge in [-0.15, -0.1) is 0 Å². The lowest BCUT2D eigenvalue weighted by atomic mass is 9.98. The second kappa shape index (κ2) is 7.64. The van der Waals surface area contributed by atoms with Crippen molar-refractivity contribution in [3.63, 3.8) is 0 Å². The Hall–Kier alpha value is -1.42. The molecule has 0 saturated carbocycles. The first kappa shape index (κ1) is 20.6. The van der Waals surface area contributed by atoms with E-state index in [-0.39, 0.29) is 11.2 Å². The Kier molecular flexibility index (Phi) is 6.57. The molecule has 4 nitrogen and oxygen atoms in total. The first-order chi connectivity index (χ1) is 10.9. The maximum absolute atomic E-state index is 10.7. The minimum absolute atomic E-state index is 0.335. The fourth-order valence-electron chi connectivity index (χ4n) is 2.58. The van der Waals surface area contributed by atoms with E-state index in [1.54, 1.807) is 7.11 Å². The van der Waals surface area contributed by atoms with Crippen molar-refractivity contribution in [2.24, 2.45) is 0 Å². The van der Waals surface area contributed by atoms with Gasteiger partial charge in [0.05, 0.1) is 18.8 Å². The largest absolute Gasteiger partial charge is 0.496 e. The van der Waals surface area contributed by atoms with E-state index >= 15 is 0 Å². The molecule has 24 heavy (non-hydrogen) atoms. The minimum Gasteiger partial charge on any atom is -0.496 e. The summed E-state index contributed by atoms with van der Waals surface area (Å²) < 4.78 is 17.9. The predicted octanol–water partition coefficient (Wildman–Crippen LogP) is 5.19. The van der Waals surface area contributed by atoms with E-state index in [1.807, 2.05) is 61.5 Å². The zero-order chi connectivity index (χ0) is 18.7. The molecule has 0 fully saturated rings. The number of ether oxygens (including phenoxy) is 3. The number of aliphatic hydroxyl groups is 1. The third-order valence-corrected chi connectivity index (χ3v) is 3.41. The smallest absolute Gasteiger partial charge is 0.134 e. The summed E-state index contributed by atoms with van der Waals surface area (Å²) in [5, 5.41) is 10.7. The monoisotopic (exact) mass is 338 g/mol. The average molecular weight is 338 g/mol. The molecule has 0 aliphatic rings. The van der Waals surface area contributed by atoms with Gasteiger partial charge in [-0.2, -0.15) is 0 Å². The molecule has 0 radical (unpaired) electrons. The Morgan fingerprint density at radius 1 is 1.00 bits per heavy atom. The summed E-state index contributed by atoms with van der Waals surface area (Å²) in [5.74, 6) is 1.97. The van der Waals surface area contributed by atoms with Gasteiger partial charge in [0.2, 0.25) is 0 Å². The van der Waals surface area contributed by atoms with E-state index in [2.05, 4.69) is 0 Å². The van der Waals surface area contributed by atoms with Crippen molar-refractivity contribution in [3.05, 3.63) is 17.2 Å². The van der Waals surface area contributed by atoms with Crippen LogP contribution >= 0.6 is 0 Å². The van der Waals surface area contributed by atoms with Gasteiger partial charge in [-0.05, 0) is 54.9 Å². The van der Waals surface area contributed by atoms with Crippen molar-refractivity contribution in [3.8, 4) is 17.2 Å². The van der Waals surface area contributed by atoms with Crippen molar-refractivity contribution >= 4 is 0 Å². The lowest BCUT2D eigenvalue weighted by Gasteiger charge is -2.29. The molecule has 0 heterocycles. The summed E-state index contributed by atoms with van der Waals surface area (Å²) in [6, 6.07) is 1.88. The van der Waals surface area contributed by atoms with Gasteiger partial charge in [0.25, 0.3) is 0 Å². The first-order valence-electron chi connectivity index (χ1n) is 8.67. The Balaban J connectivity index is 3.56. The van der Waals surface area contributed by atoms with Crippen LogP contribution in [0.2, 0.25) is 0 Å². The molecule has 4 heteroatoms. The first-order valence-corrected chi connectivity index (χ1v) is 8.67. The Bertz CT molecular complexity index is 550. The van der Waals surface area contributed by atoms with Gasteiger partial charge >= 0.3 is 0 Å². The second-order valence-electron chi connectivity index (χ2n) is 8.18. The molecule has 0 saturated heterocycles. The van der Waals surface area contributed by atoms with Crippen LogP contribution in [0.5, 0.6) is 17.2 Å². The van der Waals surface area contributed by atoms with Gasteiger partial charge in [-0.25, -0.2) is 0 Å². The zero-order valence-electron chi connectivity index (χ0n) is 16.7. The quantitative estimate of drug-likeness (QED) is 0.775. The molecule has 1 aromatic carbocycles. The molecule has 0 spiro atoms. The number of methoxy groups -OCH3 is 1. The van der Waals surface area contributed by atoms with Crippen LogP contribution in [0.4, 0.5) is 0 Å². The van der Waals surface area contributed by atoms with Crippen LogP contribution < -0.4 is 14.2 Å². The molecule has 1 N–H and O–H groups in total. The summed E-state index contributed by atoms with van der Waals surface area (Å²) in [6.07, 6.45) is 0.888. The Morgan fingerprint density at radius 3 is 1.92 bits per heavy atom. The highest BCUT2D eigenvalue weighted by Crippen LogP contribution is 2.45. The Labute approximate surface area is 147 Å². The van der Waals surface area contributed by atoms with Crippen molar-refractivity contribution in [1.29, 1.82) is 0 Å². The zero-order valence-corrected chi connectivity index (χ0v) is 16.7. The van der Waals surface area contributed by atoms with E-state index in [0.29, 0.717) is 29.2 Å². The third kappa shape index (κ3) is 5.59. The normalized spacial score (nSPS) is 13.6. The summed E-state index contributed by atoms with van der Waals surface area (Å²) in [4.78, 5) is 0. The molecule has 1 atom stereocenters. The van der Waals surface area contributed by atoms with Gasteiger partial charge < -0.3 is 19.3 Å². The van der Waals surface area contributed by atoms with Crippen LogP contribution in [0, 0.1) is 6.92 Å². The molecule has 0 bridgehead atoms. The van der Waals surface area contributed by atoms with Gasteiger partial charge in [-0.3, -0.25) is 0 Å². The number of rotatable bonds is 6. The second-order valence-corrected chi connectivity index (χ2v) is 8.18. The molecular weight excluding hydrogens is 304 g/mol. The SMILES string of the molecule is CCCC(O)c1c(OC(C)(C)C)cc(OC(C)(C)C)c(C)c1OC. The van der Waals surface area contributed by atoms with E-state index in [9.17, 15) is 5.11 Å². The minimum atomic E-state index is -0.635. The van der Waals surface area contributed by atoms with Crippen LogP contribution in [-0.4, -0.2) is 23.4 Å². The van der Waals surface area contributed by atoms with Gasteiger partial charge in [0, 0.05) is 11.6 Å². The van der Waals surface area contributed by atoms with E-state index in [1.165, 1.54) is 0 Å². The summed E-state index contributed by atoms with van der Waals surface area (Å²) >= 11 is 0. The number of benzene rings is 1. The van der Waals surface area contributed by atoms with Crippen LogP contribution in [0.25, 0.3) is 0 Å². The Morgan fingerprint density at radius 2 is 1.50 bits per heavy atom. The lowest BCUT2D eigenvalue weighted by molar-refractivity contribution is 0.107. The van der Waals surface area contributed by atoms with Crippen LogP contribution in [-0.2, 0) is 0 Å². The fraction of sp³-hybridized carbons (Fsp3) is 0.700. The van der Waals surface area contributed by atoms with Gasteiger partial charge in [0.15, 0.2) is 0 Å². The van der Waals surface area contributed by atoms with Crippen molar-refractivity contribution in [1.82, 2.24) is 0 Å². The van der Waals surface area contributed by atoms with Gasteiger partial charge in [0.1, 0.15) is 28.5 Å². The number of hydrogen-bond donors (Lipinski definition) is 1. The molecular formula is C20H34O4. The summed E-state index contributed by atoms with van der Waals surface area (Å²) in [5.41, 5.74) is 0.852. The summed E-state index contributed by atoms with van der Waals surface area (Å²) in [6.45, 7) is 16.0. The van der Waals surface area contributed by atoms with Crippen molar-refractivity contribution in [2.75, 3.05) is 7.11 Å². The molecule has 0 aromatic heterocycles. The topological polar surface area (TPSA) is 47.9 Å². The molecule has 1 unspecified atom stereocenters. The highest BCUT2D eigenvalue weighted by Gasteiger charge is 2.27. The molecule has 1 aromatic rings. The molecule has 1 rings (SSSR count). The fourth-order valence-corrected chi connectivity index (χ4v) is 2.58. The number of hydrogen-bond acceptors (Lipinski definition) is 4. The molecule has 0 aliphatic heterocycles. The highest BCUT2D eigenvalue weighted by molar-refractivity contribution is 5.58. The van der Waals surface area contributed by atoms with Crippen LogP contribution in [0.3, 0.4) is 0 Å². The van der Waals surface area contributed by atoms with Crippen molar-refractivity contribution in [2.45, 2.75) is 85.5 Å². The standard InChI is InChI=1S/C20H34O4/c1-10-11-14(21)17-16(24-20(6,7)8)12-15(23-19(3,4)5)13(2)18(17)22-9/h12,14,21H,10-11H2,1-9H3. The van der Waals surface area contributed by atoms with Gasteiger partial charge in [-0.1, -0.05) is 13.3 Å². The maximum atomic E-state index is 10.7. The predicted molar refractivity (Wildman–Crippen MR) is 98.4 cm³/mol. The average Bonchev–Trinajstić information content (AvgIpc) is 2.38. The van der Waals surface area contributed by atoms with Crippen molar-refractivity contribution < 1.29 is 19.3 Å². The van der Waals surface area contributed by atoms with E-state index in [4.69, 9.17) is 14.2 Å². The summed E-state index contributed by atoms with van der Waals surface area (Å²) in [7, 11) is 1.62. The third-order valence-electron chi connectivity index (χ3n) is 3.41. The highest BCUT2D eigenvalue weighted by atomic mass is 16.5. The maximum Gasteiger partial charge on any atom is 0.134 e. The van der Waals surface area contributed by atoms with E-state index in [0.717, 1.165) is 12.0 Å². The number of aliphatic hydroxyl groups excluding tert-OH is 1. The molecule has 0 aliphatic carbocycles. The molecule has 138 valence electrons. The van der Waals surface area contributed by atoms with Crippen LogP contribution in [0.15, 0.2) is 6.07 Å². The van der Waals surface area contributed by atoms with E-state index < -0.39 is 6.10 Å². The van der Waals surface area contributed by atoms with Crippen LogP contribution in [0.1, 0.15) is 78.5 Å².